The maximum Gasteiger partial charge on any atom is 0.172 e. The Labute approximate surface area is 88.0 Å². The number of aryl methyl sites for hydroxylation is 2. The third-order valence-electron chi connectivity index (χ3n) is 1.91. The highest BCUT2D eigenvalue weighted by Crippen LogP contribution is 2.25. The van der Waals surface area contributed by atoms with Crippen molar-refractivity contribution in [3.05, 3.63) is 42.2 Å². The number of aromatic nitrogens is 2. The fourth-order valence-corrected chi connectivity index (χ4v) is 2.17. The van der Waals surface area contributed by atoms with Crippen LogP contribution in [0.3, 0.4) is 0 Å². The first kappa shape index (κ1) is 9.34. The molecule has 0 saturated carbocycles. The molecule has 1 aromatic carbocycles. The first-order chi connectivity index (χ1) is 6.75. The molecule has 0 saturated heterocycles. The second-order valence-electron chi connectivity index (χ2n) is 3.19. The van der Waals surface area contributed by atoms with Crippen molar-refractivity contribution in [3.63, 3.8) is 0 Å². The van der Waals surface area contributed by atoms with Gasteiger partial charge >= 0.3 is 0 Å². The topological polar surface area (TPSA) is 17.8 Å². The summed E-state index contributed by atoms with van der Waals surface area (Å²) in [6.45, 7) is 2.01. The van der Waals surface area contributed by atoms with Gasteiger partial charge in [0.25, 0.3) is 0 Å². The van der Waals surface area contributed by atoms with Crippen molar-refractivity contribution in [1.29, 1.82) is 0 Å². The first-order valence-corrected chi connectivity index (χ1v) is 5.30. The lowest BCUT2D eigenvalue weighted by Crippen LogP contribution is -1.87. The van der Waals surface area contributed by atoms with Crippen LogP contribution in [0.1, 0.15) is 5.69 Å². The van der Waals surface area contributed by atoms with Crippen LogP contribution in [0.5, 0.6) is 0 Å². The molecule has 1 heterocycles. The van der Waals surface area contributed by atoms with Crippen LogP contribution < -0.4 is 0 Å². The standard InChI is InChI=1S/C11H12N2S/c1-9-8-13(2)11(12-9)14-10-6-4-3-5-7-10/h3-8H,1-2H3. The lowest BCUT2D eigenvalue weighted by molar-refractivity contribution is 0.790. The van der Waals surface area contributed by atoms with E-state index in [-0.39, 0.29) is 0 Å². The van der Waals surface area contributed by atoms with Gasteiger partial charge in [0.1, 0.15) is 0 Å². The fourth-order valence-electron chi connectivity index (χ4n) is 1.28. The molecule has 2 nitrogen and oxygen atoms in total. The smallest absolute Gasteiger partial charge is 0.172 e. The molecule has 0 aliphatic rings. The van der Waals surface area contributed by atoms with Gasteiger partial charge < -0.3 is 4.57 Å². The summed E-state index contributed by atoms with van der Waals surface area (Å²) in [6.07, 6.45) is 2.03. The Balaban J connectivity index is 2.23. The fraction of sp³-hybridized carbons (Fsp3) is 0.182. The minimum absolute atomic E-state index is 1.04. The van der Waals surface area contributed by atoms with Crippen LogP contribution in [0.2, 0.25) is 0 Å². The average molecular weight is 204 g/mol. The molecule has 0 fully saturated rings. The Hall–Kier alpha value is -1.22. The summed E-state index contributed by atoms with van der Waals surface area (Å²) in [4.78, 5) is 5.65. The van der Waals surface area contributed by atoms with Crippen molar-refractivity contribution < 1.29 is 0 Å². The van der Waals surface area contributed by atoms with E-state index >= 15 is 0 Å². The van der Waals surface area contributed by atoms with Gasteiger partial charge in [-0.1, -0.05) is 30.0 Å². The average Bonchev–Trinajstić information content (AvgIpc) is 2.47. The summed E-state index contributed by atoms with van der Waals surface area (Å²) in [5.74, 6) is 0. The summed E-state index contributed by atoms with van der Waals surface area (Å²) in [6, 6.07) is 10.3. The third-order valence-corrected chi connectivity index (χ3v) is 2.98. The molecule has 1 aromatic heterocycles. The van der Waals surface area contributed by atoms with Crippen LogP contribution in [0.25, 0.3) is 0 Å². The largest absolute Gasteiger partial charge is 0.329 e. The van der Waals surface area contributed by atoms with Crippen LogP contribution in [0, 0.1) is 6.92 Å². The summed E-state index contributed by atoms with van der Waals surface area (Å²) in [5.41, 5.74) is 1.06. The molecule has 0 bridgehead atoms. The van der Waals surface area contributed by atoms with Crippen molar-refractivity contribution in [1.82, 2.24) is 9.55 Å². The van der Waals surface area contributed by atoms with Gasteiger partial charge in [0.2, 0.25) is 0 Å². The van der Waals surface area contributed by atoms with Crippen molar-refractivity contribution in [2.75, 3.05) is 0 Å². The van der Waals surface area contributed by atoms with Crippen LogP contribution in [-0.4, -0.2) is 9.55 Å². The van der Waals surface area contributed by atoms with Crippen LogP contribution in [0.15, 0.2) is 46.6 Å². The zero-order valence-corrected chi connectivity index (χ0v) is 9.08. The van der Waals surface area contributed by atoms with Gasteiger partial charge in [-0.3, -0.25) is 0 Å². The zero-order valence-electron chi connectivity index (χ0n) is 8.27. The van der Waals surface area contributed by atoms with Crippen molar-refractivity contribution in [2.45, 2.75) is 17.0 Å². The van der Waals surface area contributed by atoms with Gasteiger partial charge in [-0.05, 0) is 19.1 Å². The van der Waals surface area contributed by atoms with E-state index in [9.17, 15) is 0 Å². The highest BCUT2D eigenvalue weighted by atomic mass is 32.2. The number of rotatable bonds is 2. The normalized spacial score (nSPS) is 10.4. The maximum atomic E-state index is 4.43. The lowest BCUT2D eigenvalue weighted by Gasteiger charge is -1.99. The van der Waals surface area contributed by atoms with E-state index in [2.05, 4.69) is 17.1 Å². The first-order valence-electron chi connectivity index (χ1n) is 4.48. The predicted molar refractivity (Wildman–Crippen MR) is 58.5 cm³/mol. The summed E-state index contributed by atoms with van der Waals surface area (Å²) < 4.78 is 2.05. The van der Waals surface area contributed by atoms with Crippen molar-refractivity contribution in [3.8, 4) is 0 Å². The quantitative estimate of drug-likeness (QED) is 0.748. The maximum absolute atomic E-state index is 4.43. The Kier molecular flexibility index (Phi) is 2.59. The van der Waals surface area contributed by atoms with Gasteiger partial charge in [-0.15, -0.1) is 0 Å². The Morgan fingerprint density at radius 3 is 2.50 bits per heavy atom. The van der Waals surface area contributed by atoms with Gasteiger partial charge in [0.15, 0.2) is 5.16 Å². The van der Waals surface area contributed by atoms with E-state index < -0.39 is 0 Å². The molecule has 0 spiro atoms. The number of hydrogen-bond donors (Lipinski definition) is 0. The van der Waals surface area contributed by atoms with Crippen LogP contribution >= 0.6 is 11.8 Å². The minimum atomic E-state index is 1.04. The van der Waals surface area contributed by atoms with E-state index in [1.165, 1.54) is 4.90 Å². The molecule has 0 radical (unpaired) electrons. The van der Waals surface area contributed by atoms with Crippen molar-refractivity contribution in [2.24, 2.45) is 7.05 Å². The Bertz CT molecular complexity index is 420. The minimum Gasteiger partial charge on any atom is -0.329 e. The number of imidazole rings is 1. The molecule has 0 amide bonds. The van der Waals surface area contributed by atoms with Crippen molar-refractivity contribution >= 4 is 11.8 Å². The molecule has 0 aliphatic carbocycles. The van der Waals surface area contributed by atoms with E-state index in [4.69, 9.17) is 0 Å². The van der Waals surface area contributed by atoms with E-state index in [1.807, 2.05) is 42.9 Å². The molecule has 0 aliphatic heterocycles. The molecule has 3 heteroatoms. The van der Waals surface area contributed by atoms with Gasteiger partial charge in [-0.2, -0.15) is 0 Å². The highest BCUT2D eigenvalue weighted by molar-refractivity contribution is 7.99. The predicted octanol–water partition coefficient (Wildman–Crippen LogP) is 2.88. The lowest BCUT2D eigenvalue weighted by atomic mass is 10.4. The molecule has 0 atom stereocenters. The van der Waals surface area contributed by atoms with Crippen LogP contribution in [0.4, 0.5) is 0 Å². The summed E-state index contributed by atoms with van der Waals surface area (Å²) in [7, 11) is 2.02. The second-order valence-corrected chi connectivity index (χ2v) is 4.23. The molecule has 2 rings (SSSR count). The molecule has 14 heavy (non-hydrogen) atoms. The van der Waals surface area contributed by atoms with Gasteiger partial charge in [0.05, 0.1) is 5.69 Å². The third kappa shape index (κ3) is 1.99. The number of nitrogens with zero attached hydrogens (tertiary/aromatic N) is 2. The SMILES string of the molecule is Cc1cn(C)c(Sc2ccccc2)n1. The Morgan fingerprint density at radius 2 is 1.93 bits per heavy atom. The molecule has 2 aromatic rings. The van der Waals surface area contributed by atoms with E-state index in [0.29, 0.717) is 0 Å². The summed E-state index contributed by atoms with van der Waals surface area (Å²) in [5, 5.41) is 1.04. The monoisotopic (exact) mass is 204 g/mol. The molecule has 72 valence electrons. The summed E-state index contributed by atoms with van der Waals surface area (Å²) >= 11 is 1.69. The molecule has 0 N–H and O–H groups in total. The van der Waals surface area contributed by atoms with E-state index in [1.54, 1.807) is 11.8 Å². The van der Waals surface area contributed by atoms with Crippen LogP contribution in [-0.2, 0) is 7.05 Å². The highest BCUT2D eigenvalue weighted by Gasteiger charge is 2.03. The molecular weight excluding hydrogens is 192 g/mol. The van der Waals surface area contributed by atoms with Gasteiger partial charge in [-0.25, -0.2) is 4.98 Å². The zero-order chi connectivity index (χ0) is 9.97. The number of benzene rings is 1. The Morgan fingerprint density at radius 1 is 1.21 bits per heavy atom. The molecule has 0 unspecified atom stereocenters. The second kappa shape index (κ2) is 3.88. The molecular formula is C11H12N2S. The van der Waals surface area contributed by atoms with Gasteiger partial charge in [0, 0.05) is 18.1 Å². The number of hydrogen-bond acceptors (Lipinski definition) is 2. The van der Waals surface area contributed by atoms with E-state index in [0.717, 1.165) is 10.9 Å².